The van der Waals surface area contributed by atoms with Gasteiger partial charge in [0.15, 0.2) is 0 Å². The molecule has 0 aliphatic heterocycles. The number of amides is 2. The second-order valence-corrected chi connectivity index (χ2v) is 12.1. The predicted molar refractivity (Wildman–Crippen MR) is 168 cm³/mol. The number of likely N-dealkylation sites (N-methyl/N-ethyl adjacent to an activating group) is 1. The number of nitrogens with one attached hydrogen (secondary N) is 1. The van der Waals surface area contributed by atoms with E-state index in [0.717, 1.165) is 15.4 Å². The maximum absolute atomic E-state index is 14.3. The van der Waals surface area contributed by atoms with Gasteiger partial charge in [0.2, 0.25) is 11.8 Å². The Kier molecular flexibility index (Phi) is 10.7. The molecule has 10 heteroatoms. The first-order valence-electron chi connectivity index (χ1n) is 14.2. The smallest absolute Gasteiger partial charge is 0.264 e. The van der Waals surface area contributed by atoms with E-state index in [1.807, 2.05) is 44.2 Å². The Morgan fingerprint density at radius 3 is 2.09 bits per heavy atom. The summed E-state index contributed by atoms with van der Waals surface area (Å²) in [6.45, 7) is 3.51. The van der Waals surface area contributed by atoms with E-state index < -0.39 is 40.2 Å². The number of anilines is 1. The summed E-state index contributed by atoms with van der Waals surface area (Å²) in [5.74, 6) is -0.940. The van der Waals surface area contributed by atoms with Gasteiger partial charge in [-0.05, 0) is 73.5 Å². The molecule has 4 aromatic carbocycles. The minimum absolute atomic E-state index is 0.0217. The fourth-order valence-corrected chi connectivity index (χ4v) is 6.16. The molecule has 4 aromatic rings. The monoisotopic (exact) mass is 617 g/mol. The Bertz CT molecular complexity index is 1650. The lowest BCUT2D eigenvalue weighted by molar-refractivity contribution is -0.139. The van der Waals surface area contributed by atoms with Crippen molar-refractivity contribution in [2.75, 3.05) is 24.5 Å². The summed E-state index contributed by atoms with van der Waals surface area (Å²) in [5.41, 5.74) is 2.60. The zero-order chi connectivity index (χ0) is 31.7. The van der Waals surface area contributed by atoms with Crippen molar-refractivity contribution in [1.82, 2.24) is 10.2 Å². The Labute approximate surface area is 258 Å². The Hall–Kier alpha value is -4.70. The molecule has 0 fully saturated rings. The molecule has 0 spiro atoms. The van der Waals surface area contributed by atoms with Crippen molar-refractivity contribution >= 4 is 27.5 Å². The van der Waals surface area contributed by atoms with Crippen LogP contribution in [0.15, 0.2) is 108 Å². The summed E-state index contributed by atoms with van der Waals surface area (Å²) in [6.07, 6.45) is 0.184. The molecule has 0 bridgehead atoms. The largest absolute Gasteiger partial charge is 0.494 e. The van der Waals surface area contributed by atoms with Crippen LogP contribution in [-0.2, 0) is 32.6 Å². The van der Waals surface area contributed by atoms with Crippen molar-refractivity contribution in [3.8, 4) is 5.75 Å². The van der Waals surface area contributed by atoms with Crippen LogP contribution in [-0.4, -0.2) is 51.4 Å². The van der Waals surface area contributed by atoms with E-state index in [1.54, 1.807) is 36.4 Å². The minimum atomic E-state index is -4.24. The highest BCUT2D eigenvalue weighted by Gasteiger charge is 2.34. The van der Waals surface area contributed by atoms with Crippen molar-refractivity contribution in [2.45, 2.75) is 37.8 Å². The van der Waals surface area contributed by atoms with Crippen molar-refractivity contribution in [3.63, 3.8) is 0 Å². The van der Waals surface area contributed by atoms with Gasteiger partial charge < -0.3 is 15.0 Å². The van der Waals surface area contributed by atoms with Crippen LogP contribution < -0.4 is 14.4 Å². The van der Waals surface area contributed by atoms with Gasteiger partial charge in [0.05, 0.1) is 17.2 Å². The van der Waals surface area contributed by atoms with E-state index in [1.165, 1.54) is 48.3 Å². The molecular weight excluding hydrogens is 581 g/mol. The Morgan fingerprint density at radius 2 is 1.50 bits per heavy atom. The van der Waals surface area contributed by atoms with Gasteiger partial charge in [-0.15, -0.1) is 0 Å². The molecule has 1 atom stereocenters. The number of hydrogen-bond donors (Lipinski definition) is 1. The number of nitrogens with zero attached hydrogens (tertiary/aromatic N) is 2. The molecule has 4 rings (SSSR count). The third-order valence-corrected chi connectivity index (χ3v) is 8.90. The second-order valence-electron chi connectivity index (χ2n) is 10.2. The van der Waals surface area contributed by atoms with E-state index in [-0.39, 0.29) is 17.9 Å². The normalized spacial score (nSPS) is 11.8. The number of halogens is 1. The summed E-state index contributed by atoms with van der Waals surface area (Å²) in [6, 6.07) is 26.7. The van der Waals surface area contributed by atoms with Crippen LogP contribution in [0.4, 0.5) is 10.1 Å². The molecule has 0 heterocycles. The average Bonchev–Trinajstić information content (AvgIpc) is 3.03. The third kappa shape index (κ3) is 8.02. The average molecular weight is 618 g/mol. The van der Waals surface area contributed by atoms with Crippen LogP contribution in [0.2, 0.25) is 0 Å². The predicted octanol–water partition coefficient (Wildman–Crippen LogP) is 5.11. The van der Waals surface area contributed by atoms with Crippen molar-refractivity contribution < 1.29 is 27.1 Å². The van der Waals surface area contributed by atoms with Gasteiger partial charge in [-0.2, -0.15) is 0 Å². The van der Waals surface area contributed by atoms with Crippen LogP contribution in [0.1, 0.15) is 23.6 Å². The zero-order valence-corrected chi connectivity index (χ0v) is 25.8. The van der Waals surface area contributed by atoms with Gasteiger partial charge in [-0.1, -0.05) is 60.2 Å². The quantitative estimate of drug-likeness (QED) is 0.225. The van der Waals surface area contributed by atoms with Crippen LogP contribution in [0.5, 0.6) is 5.75 Å². The number of benzene rings is 4. The van der Waals surface area contributed by atoms with Crippen LogP contribution in [0.25, 0.3) is 0 Å². The Balaban J connectivity index is 1.76. The molecular formula is C34H36FN3O5S. The fraction of sp³-hybridized carbons (Fsp3) is 0.235. The molecule has 44 heavy (non-hydrogen) atoms. The van der Waals surface area contributed by atoms with Crippen LogP contribution in [0.3, 0.4) is 0 Å². The minimum Gasteiger partial charge on any atom is -0.494 e. The molecule has 1 N–H and O–H groups in total. The fourth-order valence-electron chi connectivity index (χ4n) is 4.75. The number of aryl methyl sites for hydroxylation is 1. The molecule has 0 saturated carbocycles. The lowest BCUT2D eigenvalue weighted by atomic mass is 10.0. The third-order valence-electron chi connectivity index (χ3n) is 7.11. The van der Waals surface area contributed by atoms with Gasteiger partial charge in [-0.3, -0.25) is 13.9 Å². The zero-order valence-electron chi connectivity index (χ0n) is 24.9. The molecule has 8 nitrogen and oxygen atoms in total. The topological polar surface area (TPSA) is 96.0 Å². The van der Waals surface area contributed by atoms with E-state index in [0.29, 0.717) is 23.6 Å². The summed E-state index contributed by atoms with van der Waals surface area (Å²) in [5, 5.41) is 2.64. The summed E-state index contributed by atoms with van der Waals surface area (Å²) < 4.78 is 48.4. The molecule has 0 aliphatic carbocycles. The molecule has 2 amide bonds. The maximum atomic E-state index is 14.3. The van der Waals surface area contributed by atoms with Crippen LogP contribution in [0, 0.1) is 12.7 Å². The highest BCUT2D eigenvalue weighted by atomic mass is 32.2. The number of carbonyl (C=O) groups excluding carboxylic acids is 2. The number of hydrogen-bond acceptors (Lipinski definition) is 5. The van der Waals surface area contributed by atoms with Gasteiger partial charge >= 0.3 is 0 Å². The van der Waals surface area contributed by atoms with E-state index in [9.17, 15) is 22.4 Å². The van der Waals surface area contributed by atoms with Gasteiger partial charge in [0.1, 0.15) is 24.2 Å². The maximum Gasteiger partial charge on any atom is 0.264 e. The summed E-state index contributed by atoms with van der Waals surface area (Å²) in [7, 11) is -2.75. The van der Waals surface area contributed by atoms with Gasteiger partial charge in [0.25, 0.3) is 10.0 Å². The second kappa shape index (κ2) is 14.7. The Morgan fingerprint density at radius 1 is 0.864 bits per heavy atom. The summed E-state index contributed by atoms with van der Waals surface area (Å²) >= 11 is 0. The lowest BCUT2D eigenvalue weighted by Gasteiger charge is -2.33. The van der Waals surface area contributed by atoms with Crippen molar-refractivity contribution in [3.05, 3.63) is 126 Å². The molecule has 0 radical (unpaired) electrons. The molecule has 0 unspecified atom stereocenters. The first kappa shape index (κ1) is 32.2. The van der Waals surface area contributed by atoms with Crippen molar-refractivity contribution in [1.29, 1.82) is 0 Å². The SMILES string of the molecule is CCOc1ccc(S(=O)(=O)N(CC(=O)N(Cc2ccc(F)cc2)[C@@H](Cc2ccccc2)C(=O)NC)c2ccc(C)cc2)cc1. The molecule has 0 aliphatic rings. The molecule has 230 valence electrons. The molecule has 0 saturated heterocycles. The van der Waals surface area contributed by atoms with Crippen molar-refractivity contribution in [2.24, 2.45) is 0 Å². The van der Waals surface area contributed by atoms with Gasteiger partial charge in [-0.25, -0.2) is 12.8 Å². The van der Waals surface area contributed by atoms with E-state index in [4.69, 9.17) is 4.74 Å². The van der Waals surface area contributed by atoms with Gasteiger partial charge in [0, 0.05) is 20.0 Å². The number of ether oxygens (including phenoxy) is 1. The highest BCUT2D eigenvalue weighted by Crippen LogP contribution is 2.27. The van der Waals surface area contributed by atoms with Crippen LogP contribution >= 0.6 is 0 Å². The first-order chi connectivity index (χ1) is 21.1. The number of carbonyl (C=O) groups is 2. The lowest BCUT2D eigenvalue weighted by Crippen LogP contribution is -2.53. The first-order valence-corrected chi connectivity index (χ1v) is 15.7. The van der Waals surface area contributed by atoms with E-state index in [2.05, 4.69) is 5.32 Å². The number of rotatable bonds is 13. The standard InChI is InChI=1S/C34H36FN3O5S/c1-4-43-30-18-20-31(21-19-30)44(41,42)38(29-16-10-25(2)11-17-29)24-33(39)37(23-27-12-14-28(35)15-13-27)32(34(40)36-3)22-26-8-6-5-7-9-26/h5-21,32H,4,22-24H2,1-3H3,(H,36,40)/t32-/m0/s1. The molecule has 0 aromatic heterocycles. The van der Waals surface area contributed by atoms with E-state index >= 15 is 0 Å². The summed E-state index contributed by atoms with van der Waals surface area (Å²) in [4.78, 5) is 28.9. The number of sulfonamides is 1. The highest BCUT2D eigenvalue weighted by molar-refractivity contribution is 7.92.